The Morgan fingerprint density at radius 1 is 0.897 bits per heavy atom. The first-order valence-corrected chi connectivity index (χ1v) is 14.0. The largest absolute Gasteiger partial charge is 0.497 e. The zero-order chi connectivity index (χ0) is 26.9. The SMILES string of the molecule is COc1ccc(-n2c(C)cc([C@@H]3[C@H](c4ccccn4)NC(=S)N3c3ccc(OC4CCCC4)cc3)c2C)cc1. The number of aryl methyl sites for hydroxylation is 1. The number of ether oxygens (including phenoxy) is 2. The smallest absolute Gasteiger partial charge is 0.174 e. The maximum atomic E-state index is 6.24. The van der Waals surface area contributed by atoms with Crippen LogP contribution in [-0.2, 0) is 0 Å². The Kier molecular flexibility index (Phi) is 7.00. The van der Waals surface area contributed by atoms with E-state index in [1.165, 1.54) is 24.1 Å². The van der Waals surface area contributed by atoms with Crippen LogP contribution in [0.15, 0.2) is 79.0 Å². The van der Waals surface area contributed by atoms with Gasteiger partial charge in [-0.3, -0.25) is 4.98 Å². The summed E-state index contributed by atoms with van der Waals surface area (Å²) in [7, 11) is 1.69. The number of methoxy groups -OCH3 is 1. The minimum atomic E-state index is -0.0991. The highest BCUT2D eigenvalue weighted by atomic mass is 32.1. The number of hydrogen-bond acceptors (Lipinski definition) is 4. The fourth-order valence-electron chi connectivity index (χ4n) is 6.05. The lowest BCUT2D eigenvalue weighted by molar-refractivity contribution is 0.210. The van der Waals surface area contributed by atoms with Crippen molar-refractivity contribution in [3.63, 3.8) is 0 Å². The molecule has 6 nitrogen and oxygen atoms in total. The lowest BCUT2D eigenvalue weighted by Crippen LogP contribution is -2.29. The third kappa shape index (κ3) is 4.87. The molecule has 7 heteroatoms. The summed E-state index contributed by atoms with van der Waals surface area (Å²) < 4.78 is 13.9. The molecule has 200 valence electrons. The molecule has 1 saturated carbocycles. The standard InChI is InChI=1S/C32H34N4O2S/c1-21-20-28(22(2)35(21)23-11-15-25(37-3)16-12-23)31-30(29-10-6-7-19-33-29)34-32(39)36(31)24-13-17-27(18-14-24)38-26-8-4-5-9-26/h6-7,10-20,26,30-31H,4-5,8-9H2,1-3H3,(H,34,39)/t30-,31+/m0/s1. The molecule has 0 bridgehead atoms. The summed E-state index contributed by atoms with van der Waals surface area (Å²) in [6.07, 6.45) is 6.95. The van der Waals surface area contributed by atoms with Crippen molar-refractivity contribution in [2.75, 3.05) is 12.0 Å². The zero-order valence-electron chi connectivity index (χ0n) is 22.6. The molecule has 1 aliphatic carbocycles. The van der Waals surface area contributed by atoms with Gasteiger partial charge in [-0.2, -0.15) is 0 Å². The number of benzene rings is 2. The predicted molar refractivity (Wildman–Crippen MR) is 159 cm³/mol. The maximum absolute atomic E-state index is 6.24. The zero-order valence-corrected chi connectivity index (χ0v) is 23.4. The van der Waals surface area contributed by atoms with E-state index in [9.17, 15) is 0 Å². The van der Waals surface area contributed by atoms with E-state index in [2.05, 4.69) is 77.2 Å². The minimum absolute atomic E-state index is 0.0767. The Hall–Kier alpha value is -3.84. The van der Waals surface area contributed by atoms with Gasteiger partial charge in [0.25, 0.3) is 0 Å². The molecular formula is C32H34N4O2S. The van der Waals surface area contributed by atoms with E-state index in [0.29, 0.717) is 11.2 Å². The van der Waals surface area contributed by atoms with Crippen LogP contribution in [0.25, 0.3) is 5.69 Å². The Morgan fingerprint density at radius 3 is 2.26 bits per heavy atom. The van der Waals surface area contributed by atoms with Gasteiger partial charge in [-0.05, 0) is 124 Å². The van der Waals surface area contributed by atoms with E-state index in [-0.39, 0.29) is 12.1 Å². The summed E-state index contributed by atoms with van der Waals surface area (Å²) in [6.45, 7) is 4.33. The van der Waals surface area contributed by atoms with Crippen molar-refractivity contribution in [3.05, 3.63) is 102 Å². The van der Waals surface area contributed by atoms with Crippen molar-refractivity contribution in [2.24, 2.45) is 0 Å². The highest BCUT2D eigenvalue weighted by molar-refractivity contribution is 7.80. The highest BCUT2D eigenvalue weighted by Crippen LogP contribution is 2.44. The van der Waals surface area contributed by atoms with Crippen molar-refractivity contribution in [1.82, 2.24) is 14.9 Å². The van der Waals surface area contributed by atoms with Gasteiger partial charge in [0.1, 0.15) is 11.5 Å². The molecule has 0 amide bonds. The molecule has 4 aromatic rings. The van der Waals surface area contributed by atoms with Crippen molar-refractivity contribution in [3.8, 4) is 17.2 Å². The Labute approximate surface area is 235 Å². The van der Waals surface area contributed by atoms with Crippen molar-refractivity contribution in [1.29, 1.82) is 0 Å². The molecule has 3 heterocycles. The lowest BCUT2D eigenvalue weighted by atomic mass is 9.96. The van der Waals surface area contributed by atoms with Gasteiger partial charge in [-0.25, -0.2) is 0 Å². The summed E-state index contributed by atoms with van der Waals surface area (Å²) in [4.78, 5) is 6.95. The van der Waals surface area contributed by atoms with Gasteiger partial charge in [-0.15, -0.1) is 0 Å². The molecule has 0 unspecified atom stereocenters. The number of anilines is 1. The van der Waals surface area contributed by atoms with Gasteiger partial charge in [0.2, 0.25) is 0 Å². The molecule has 2 fully saturated rings. The van der Waals surface area contributed by atoms with Crippen LogP contribution in [0.4, 0.5) is 5.69 Å². The van der Waals surface area contributed by atoms with Crippen molar-refractivity contribution in [2.45, 2.75) is 57.7 Å². The number of aromatic nitrogens is 2. The second kappa shape index (κ2) is 10.7. The number of thiocarbonyl (C=S) groups is 1. The van der Waals surface area contributed by atoms with Gasteiger partial charge in [0.05, 0.1) is 31.0 Å². The first-order valence-electron chi connectivity index (χ1n) is 13.6. The second-order valence-corrected chi connectivity index (χ2v) is 10.8. The first-order chi connectivity index (χ1) is 19.0. The number of hydrogen-bond donors (Lipinski definition) is 1. The lowest BCUT2D eigenvalue weighted by Gasteiger charge is -2.28. The molecule has 6 rings (SSSR count). The first kappa shape index (κ1) is 25.4. The molecule has 39 heavy (non-hydrogen) atoms. The van der Waals surface area contributed by atoms with Gasteiger partial charge in [0.15, 0.2) is 5.11 Å². The van der Waals surface area contributed by atoms with E-state index < -0.39 is 0 Å². The Morgan fingerprint density at radius 2 is 1.59 bits per heavy atom. The van der Waals surface area contributed by atoms with Gasteiger partial charge < -0.3 is 24.3 Å². The molecular weight excluding hydrogens is 504 g/mol. The van der Waals surface area contributed by atoms with Crippen LogP contribution in [0, 0.1) is 13.8 Å². The van der Waals surface area contributed by atoms with Gasteiger partial charge in [-0.1, -0.05) is 6.07 Å². The van der Waals surface area contributed by atoms with Crippen LogP contribution in [0.5, 0.6) is 11.5 Å². The third-order valence-corrected chi connectivity index (χ3v) is 8.25. The number of nitrogens with zero attached hydrogens (tertiary/aromatic N) is 3. The Balaban J connectivity index is 1.40. The molecule has 2 aliphatic rings. The number of rotatable bonds is 7. The van der Waals surface area contributed by atoms with E-state index in [0.717, 1.165) is 47.1 Å². The molecule has 0 radical (unpaired) electrons. The van der Waals surface area contributed by atoms with E-state index in [1.54, 1.807) is 7.11 Å². The van der Waals surface area contributed by atoms with E-state index in [1.807, 2.05) is 30.5 Å². The fourth-order valence-corrected chi connectivity index (χ4v) is 6.39. The van der Waals surface area contributed by atoms with Crippen molar-refractivity contribution < 1.29 is 9.47 Å². The number of pyridine rings is 1. The maximum Gasteiger partial charge on any atom is 0.174 e. The molecule has 1 aliphatic heterocycles. The molecule has 2 aromatic carbocycles. The van der Waals surface area contributed by atoms with Crippen LogP contribution in [-0.4, -0.2) is 27.9 Å². The average Bonchev–Trinajstić information content (AvgIpc) is 3.67. The van der Waals surface area contributed by atoms with Gasteiger partial charge >= 0.3 is 0 Å². The number of nitrogens with one attached hydrogen (secondary N) is 1. The summed E-state index contributed by atoms with van der Waals surface area (Å²) in [5.41, 5.74) is 6.62. The third-order valence-electron chi connectivity index (χ3n) is 7.94. The van der Waals surface area contributed by atoms with E-state index in [4.69, 9.17) is 26.7 Å². The van der Waals surface area contributed by atoms with Crippen LogP contribution in [0.3, 0.4) is 0 Å². The highest BCUT2D eigenvalue weighted by Gasteiger charge is 2.42. The Bertz CT molecular complexity index is 1440. The fraction of sp³-hybridized carbons (Fsp3) is 0.312. The van der Waals surface area contributed by atoms with Crippen LogP contribution >= 0.6 is 12.2 Å². The summed E-state index contributed by atoms with van der Waals surface area (Å²) in [6, 6.07) is 24.7. The van der Waals surface area contributed by atoms with E-state index >= 15 is 0 Å². The normalized spacial score (nSPS) is 19.4. The molecule has 0 spiro atoms. The van der Waals surface area contributed by atoms with Crippen LogP contribution in [0.2, 0.25) is 0 Å². The monoisotopic (exact) mass is 538 g/mol. The summed E-state index contributed by atoms with van der Waals surface area (Å²) in [5, 5.41) is 4.28. The molecule has 1 N–H and O–H groups in total. The average molecular weight is 539 g/mol. The second-order valence-electron chi connectivity index (χ2n) is 10.4. The van der Waals surface area contributed by atoms with Gasteiger partial charge in [0, 0.05) is 29.0 Å². The van der Waals surface area contributed by atoms with Crippen LogP contribution < -0.4 is 19.7 Å². The quantitative estimate of drug-likeness (QED) is 0.256. The molecule has 2 aromatic heterocycles. The predicted octanol–water partition coefficient (Wildman–Crippen LogP) is 7.00. The minimum Gasteiger partial charge on any atom is -0.497 e. The molecule has 2 atom stereocenters. The summed E-state index contributed by atoms with van der Waals surface area (Å²) >= 11 is 5.96. The van der Waals surface area contributed by atoms with Crippen LogP contribution in [0.1, 0.15) is 60.4 Å². The topological polar surface area (TPSA) is 51.5 Å². The summed E-state index contributed by atoms with van der Waals surface area (Å²) in [5.74, 6) is 1.76. The van der Waals surface area contributed by atoms with Crippen molar-refractivity contribution >= 4 is 23.0 Å². The molecule has 1 saturated heterocycles.